The van der Waals surface area contributed by atoms with Crippen molar-refractivity contribution in [1.29, 1.82) is 0 Å². The molecule has 40 heavy (non-hydrogen) atoms. The molecular formula is C28H26Cl2N4O4S2. The van der Waals surface area contributed by atoms with Gasteiger partial charge in [0.1, 0.15) is 22.9 Å². The molecule has 4 rings (SSSR count). The van der Waals surface area contributed by atoms with Gasteiger partial charge in [0.25, 0.3) is 0 Å². The molecule has 0 aliphatic carbocycles. The van der Waals surface area contributed by atoms with Gasteiger partial charge in [-0.2, -0.15) is 0 Å². The van der Waals surface area contributed by atoms with Gasteiger partial charge >= 0.3 is 5.97 Å². The average Bonchev–Trinajstić information content (AvgIpc) is 3.53. The summed E-state index contributed by atoms with van der Waals surface area (Å²) in [6.07, 6.45) is 1.72. The Hall–Kier alpha value is -3.31. The Morgan fingerprint density at radius 1 is 1.15 bits per heavy atom. The van der Waals surface area contributed by atoms with Crippen LogP contribution >= 0.6 is 46.3 Å². The monoisotopic (exact) mass is 616 g/mol. The molecular weight excluding hydrogens is 591 g/mol. The Morgan fingerprint density at radius 2 is 1.85 bits per heavy atom. The number of amides is 1. The number of thiophene rings is 1. The Kier molecular flexibility index (Phi) is 9.91. The molecule has 0 radical (unpaired) electrons. The maximum atomic E-state index is 12.9. The normalized spacial score (nSPS) is 10.8. The van der Waals surface area contributed by atoms with Crippen molar-refractivity contribution < 1.29 is 19.1 Å². The average molecular weight is 618 g/mol. The second-order valence-electron chi connectivity index (χ2n) is 8.65. The van der Waals surface area contributed by atoms with Crippen LogP contribution in [0.3, 0.4) is 0 Å². The van der Waals surface area contributed by atoms with E-state index in [1.807, 2.05) is 30.5 Å². The van der Waals surface area contributed by atoms with Crippen molar-refractivity contribution in [2.45, 2.75) is 32.2 Å². The summed E-state index contributed by atoms with van der Waals surface area (Å²) in [5.74, 6) is 0.456. The molecule has 2 heterocycles. The number of carbonyl (C=O) groups excluding carboxylic acids is 2. The molecule has 4 aromatic rings. The highest BCUT2D eigenvalue weighted by Gasteiger charge is 2.23. The second-order valence-corrected chi connectivity index (χ2v) is 11.3. The first kappa shape index (κ1) is 29.7. The summed E-state index contributed by atoms with van der Waals surface area (Å²) < 4.78 is 12.8. The second kappa shape index (κ2) is 13.4. The van der Waals surface area contributed by atoms with E-state index in [4.69, 9.17) is 32.7 Å². The third kappa shape index (κ3) is 6.87. The lowest BCUT2D eigenvalue weighted by atomic mass is 10.0. The van der Waals surface area contributed by atoms with Crippen molar-refractivity contribution in [3.8, 4) is 16.9 Å². The summed E-state index contributed by atoms with van der Waals surface area (Å²) in [5.41, 5.74) is 3.57. The third-order valence-electron chi connectivity index (χ3n) is 5.80. The molecule has 0 spiro atoms. The molecule has 12 heteroatoms. The molecule has 1 N–H and O–H groups in total. The SMILES string of the molecule is C=CCn1c(COc2cc(C)c(Cl)c(C)c2)nnc1SCC(=O)Nc1scc(-c2ccc(Cl)cc2)c1C(=O)OC. The fraction of sp³-hybridized carbons (Fsp3) is 0.214. The van der Waals surface area contributed by atoms with Crippen LogP contribution in [0.25, 0.3) is 11.1 Å². The predicted molar refractivity (Wildman–Crippen MR) is 161 cm³/mol. The van der Waals surface area contributed by atoms with Crippen molar-refractivity contribution in [2.24, 2.45) is 0 Å². The third-order valence-corrected chi connectivity index (χ3v) is 8.51. The van der Waals surface area contributed by atoms with Crippen molar-refractivity contribution in [2.75, 3.05) is 18.2 Å². The van der Waals surface area contributed by atoms with Crippen LogP contribution in [0, 0.1) is 13.8 Å². The number of aryl methyl sites for hydroxylation is 2. The van der Waals surface area contributed by atoms with Crippen LogP contribution in [0.4, 0.5) is 5.00 Å². The molecule has 0 fully saturated rings. The smallest absolute Gasteiger partial charge is 0.341 e. The van der Waals surface area contributed by atoms with Gasteiger partial charge in [-0.05, 0) is 54.8 Å². The van der Waals surface area contributed by atoms with Gasteiger partial charge in [0, 0.05) is 27.5 Å². The number of rotatable bonds is 11. The number of esters is 1. The van der Waals surface area contributed by atoms with Gasteiger partial charge in [-0.25, -0.2) is 4.79 Å². The van der Waals surface area contributed by atoms with E-state index >= 15 is 0 Å². The summed E-state index contributed by atoms with van der Waals surface area (Å²) in [6, 6.07) is 10.8. The van der Waals surface area contributed by atoms with Crippen LogP contribution in [0.15, 0.2) is 59.6 Å². The van der Waals surface area contributed by atoms with E-state index in [0.29, 0.717) is 43.9 Å². The van der Waals surface area contributed by atoms with E-state index in [0.717, 1.165) is 16.7 Å². The standard InChI is InChI=1S/C28H26Cl2N4O4S2/c1-5-10-34-22(13-38-20-11-16(2)25(30)17(3)12-20)32-33-28(34)40-15-23(35)31-26-24(27(36)37-4)21(14-39-26)18-6-8-19(29)9-7-18/h5-9,11-12,14H,1,10,13,15H2,2-4H3,(H,31,35). The lowest BCUT2D eigenvalue weighted by molar-refractivity contribution is -0.113. The number of hydrogen-bond acceptors (Lipinski definition) is 8. The van der Waals surface area contributed by atoms with Crippen molar-refractivity contribution in [1.82, 2.24) is 14.8 Å². The lowest BCUT2D eigenvalue weighted by Crippen LogP contribution is -2.16. The molecule has 2 aromatic carbocycles. The molecule has 1 amide bonds. The first-order valence-corrected chi connectivity index (χ1v) is 14.6. The zero-order valence-corrected chi connectivity index (χ0v) is 25.1. The highest BCUT2D eigenvalue weighted by Crippen LogP contribution is 2.37. The van der Waals surface area contributed by atoms with E-state index in [-0.39, 0.29) is 23.8 Å². The molecule has 0 saturated carbocycles. The molecule has 0 saturated heterocycles. The minimum Gasteiger partial charge on any atom is -0.486 e. The summed E-state index contributed by atoms with van der Waals surface area (Å²) in [6.45, 7) is 8.28. The van der Waals surface area contributed by atoms with Crippen molar-refractivity contribution in [3.63, 3.8) is 0 Å². The number of carbonyl (C=O) groups is 2. The Morgan fingerprint density at radius 3 is 2.50 bits per heavy atom. The van der Waals surface area contributed by atoms with Gasteiger partial charge in [0.2, 0.25) is 5.91 Å². The van der Waals surface area contributed by atoms with Gasteiger partial charge < -0.3 is 14.8 Å². The number of thioether (sulfide) groups is 1. The van der Waals surface area contributed by atoms with Gasteiger partial charge in [-0.1, -0.05) is 53.2 Å². The van der Waals surface area contributed by atoms with Crippen molar-refractivity contribution >= 4 is 63.2 Å². The largest absolute Gasteiger partial charge is 0.486 e. The Balaban J connectivity index is 1.45. The number of nitrogens with one attached hydrogen (secondary N) is 1. The van der Waals surface area contributed by atoms with Gasteiger partial charge in [-0.3, -0.25) is 9.36 Å². The molecule has 8 nitrogen and oxygen atoms in total. The Bertz CT molecular complexity index is 1530. The Labute approximate surface area is 250 Å². The van der Waals surface area contributed by atoms with E-state index in [1.165, 1.54) is 30.2 Å². The molecule has 0 atom stereocenters. The molecule has 2 aromatic heterocycles. The first-order valence-electron chi connectivity index (χ1n) is 12.0. The van der Waals surface area contributed by atoms with Gasteiger partial charge in [-0.15, -0.1) is 28.1 Å². The van der Waals surface area contributed by atoms with E-state index < -0.39 is 5.97 Å². The summed E-state index contributed by atoms with van der Waals surface area (Å²) in [7, 11) is 1.30. The number of allylic oxidation sites excluding steroid dienone is 1. The van der Waals surface area contributed by atoms with Crippen LogP contribution in [0.2, 0.25) is 10.0 Å². The summed E-state index contributed by atoms with van der Waals surface area (Å²) >= 11 is 14.7. The minimum atomic E-state index is -0.546. The number of halogens is 2. The first-order chi connectivity index (χ1) is 19.2. The highest BCUT2D eigenvalue weighted by molar-refractivity contribution is 7.99. The van der Waals surface area contributed by atoms with Crippen LogP contribution in [0.1, 0.15) is 27.3 Å². The molecule has 0 aliphatic rings. The number of benzene rings is 2. The number of aromatic nitrogens is 3. The lowest BCUT2D eigenvalue weighted by Gasteiger charge is -2.11. The summed E-state index contributed by atoms with van der Waals surface area (Å²) in [4.78, 5) is 25.5. The minimum absolute atomic E-state index is 0.0422. The quantitative estimate of drug-likeness (QED) is 0.108. The van der Waals surface area contributed by atoms with E-state index in [9.17, 15) is 9.59 Å². The predicted octanol–water partition coefficient (Wildman–Crippen LogP) is 7.21. The van der Waals surface area contributed by atoms with Gasteiger partial charge in [0.15, 0.2) is 11.0 Å². The maximum absolute atomic E-state index is 12.9. The highest BCUT2D eigenvalue weighted by atomic mass is 35.5. The van der Waals surface area contributed by atoms with Crippen LogP contribution in [-0.2, 0) is 22.7 Å². The zero-order valence-electron chi connectivity index (χ0n) is 22.0. The van der Waals surface area contributed by atoms with E-state index in [1.54, 1.807) is 35.7 Å². The van der Waals surface area contributed by atoms with Crippen molar-refractivity contribution in [3.05, 3.63) is 87.0 Å². The fourth-order valence-electron chi connectivity index (χ4n) is 3.87. The van der Waals surface area contributed by atoms with Crippen LogP contribution < -0.4 is 10.1 Å². The number of hydrogen-bond donors (Lipinski definition) is 1. The molecule has 0 aliphatic heterocycles. The van der Waals surface area contributed by atoms with Crippen LogP contribution in [-0.4, -0.2) is 39.5 Å². The molecule has 208 valence electrons. The number of anilines is 1. The maximum Gasteiger partial charge on any atom is 0.341 e. The summed E-state index contributed by atoms with van der Waals surface area (Å²) in [5, 5.41) is 15.4. The van der Waals surface area contributed by atoms with E-state index in [2.05, 4.69) is 22.1 Å². The molecule has 0 bridgehead atoms. The van der Waals surface area contributed by atoms with Gasteiger partial charge in [0.05, 0.1) is 12.9 Å². The zero-order chi connectivity index (χ0) is 28.8. The topological polar surface area (TPSA) is 95.3 Å². The molecule has 0 unspecified atom stereocenters. The number of ether oxygens (including phenoxy) is 2. The number of methoxy groups -OCH3 is 1. The number of nitrogens with zero attached hydrogens (tertiary/aromatic N) is 3. The van der Waals surface area contributed by atoms with Crippen LogP contribution in [0.5, 0.6) is 5.75 Å². The fourth-order valence-corrected chi connectivity index (χ4v) is 5.85.